The Labute approximate surface area is 265 Å². The van der Waals surface area contributed by atoms with Crippen molar-refractivity contribution in [2.45, 2.75) is 142 Å². The summed E-state index contributed by atoms with van der Waals surface area (Å²) >= 11 is 0. The van der Waals surface area contributed by atoms with E-state index in [1.807, 2.05) is 6.08 Å². The summed E-state index contributed by atoms with van der Waals surface area (Å²) in [5, 5.41) is 33.7. The maximum absolute atomic E-state index is 13.2. The fraction of sp³-hybridized carbons (Fsp3) is 0.921. The molecule has 7 aliphatic carbocycles. The van der Waals surface area contributed by atoms with Crippen LogP contribution in [0.25, 0.3) is 0 Å². The van der Waals surface area contributed by atoms with Crippen molar-refractivity contribution in [1.82, 2.24) is 0 Å². The molecule has 7 aliphatic rings. The predicted octanol–water partition coefficient (Wildman–Crippen LogP) is 6.51. The summed E-state index contributed by atoms with van der Waals surface area (Å²) in [4.78, 5) is 13.2. The summed E-state index contributed by atoms with van der Waals surface area (Å²) < 4.78 is 12.6. The molecule has 0 spiro atoms. The van der Waals surface area contributed by atoms with Crippen LogP contribution in [0.3, 0.4) is 0 Å². The Bertz CT molecular complexity index is 1100. The molecule has 6 nitrogen and oxygen atoms in total. The average Bonchev–Trinajstić information content (AvgIpc) is 3.75. The fourth-order valence-corrected chi connectivity index (χ4v) is 13.1. The SMILES string of the molecule is CC(C)C(OC(=O)CCC(C)C1CCC2C3C(O)CC4CC(O)C=CC4(C)C3CC(O)C12C)OC1CC2CC1C1CCCC21. The highest BCUT2D eigenvalue weighted by atomic mass is 16.7. The van der Waals surface area contributed by atoms with Crippen molar-refractivity contribution in [1.29, 1.82) is 0 Å². The van der Waals surface area contributed by atoms with Gasteiger partial charge in [-0.05, 0) is 134 Å². The van der Waals surface area contributed by atoms with Crippen molar-refractivity contribution in [3.8, 4) is 0 Å². The molecule has 17 unspecified atom stereocenters. The number of carbonyl (C=O) groups excluding carboxylic acids is 1. The largest absolute Gasteiger partial charge is 0.435 e. The van der Waals surface area contributed by atoms with Gasteiger partial charge in [0.15, 0.2) is 0 Å². The van der Waals surface area contributed by atoms with Gasteiger partial charge >= 0.3 is 5.97 Å². The molecular weight excluding hydrogens is 552 g/mol. The monoisotopic (exact) mass is 612 g/mol. The lowest BCUT2D eigenvalue weighted by Crippen LogP contribution is -2.61. The number of rotatable bonds is 8. The Morgan fingerprint density at radius 1 is 0.909 bits per heavy atom. The van der Waals surface area contributed by atoms with Crippen LogP contribution in [0.2, 0.25) is 0 Å². The van der Waals surface area contributed by atoms with Crippen LogP contribution >= 0.6 is 0 Å². The summed E-state index contributed by atoms with van der Waals surface area (Å²) in [6.45, 7) is 11.0. The molecular formula is C38H60O6. The highest BCUT2D eigenvalue weighted by Crippen LogP contribution is 2.68. The molecule has 0 aromatic rings. The third kappa shape index (κ3) is 4.97. The summed E-state index contributed by atoms with van der Waals surface area (Å²) in [5.74, 6) is 4.68. The number of ether oxygens (including phenoxy) is 2. The summed E-state index contributed by atoms with van der Waals surface area (Å²) in [6.07, 6.45) is 14.6. The minimum Gasteiger partial charge on any atom is -0.435 e. The molecule has 0 amide bonds. The van der Waals surface area contributed by atoms with Crippen LogP contribution in [0, 0.1) is 75.9 Å². The second-order valence-electron chi connectivity index (χ2n) is 17.6. The van der Waals surface area contributed by atoms with Crippen molar-refractivity contribution in [2.24, 2.45) is 75.9 Å². The zero-order valence-corrected chi connectivity index (χ0v) is 27.9. The van der Waals surface area contributed by atoms with E-state index in [1.165, 1.54) is 25.7 Å². The molecule has 0 radical (unpaired) electrons. The van der Waals surface area contributed by atoms with E-state index in [2.05, 4.69) is 40.7 Å². The van der Waals surface area contributed by atoms with Crippen molar-refractivity contribution >= 4 is 5.97 Å². The first kappa shape index (κ1) is 31.6. The number of allylic oxidation sites excluding steroid dienone is 1. The number of hydrogen-bond donors (Lipinski definition) is 3. The van der Waals surface area contributed by atoms with Crippen LogP contribution in [0.15, 0.2) is 12.2 Å². The fourth-order valence-electron chi connectivity index (χ4n) is 13.1. The van der Waals surface area contributed by atoms with E-state index in [1.54, 1.807) is 0 Å². The van der Waals surface area contributed by atoms with Gasteiger partial charge in [0.05, 0.1) is 24.4 Å². The van der Waals surface area contributed by atoms with E-state index in [9.17, 15) is 20.1 Å². The van der Waals surface area contributed by atoms with E-state index in [0.717, 1.165) is 49.9 Å². The number of aliphatic hydroxyl groups excluding tert-OH is 3. The van der Waals surface area contributed by atoms with Gasteiger partial charge in [-0.15, -0.1) is 0 Å². The Morgan fingerprint density at radius 2 is 1.68 bits per heavy atom. The van der Waals surface area contributed by atoms with Crippen LogP contribution in [0.1, 0.15) is 112 Å². The van der Waals surface area contributed by atoms with Gasteiger partial charge in [0.1, 0.15) is 0 Å². The van der Waals surface area contributed by atoms with Gasteiger partial charge in [-0.25, -0.2) is 0 Å². The smallest absolute Gasteiger partial charge is 0.308 e. The molecule has 0 aliphatic heterocycles. The first-order valence-corrected chi connectivity index (χ1v) is 18.5. The standard InChI is InChI=1S/C38H60O6/c1-20(2)36(43-32-16-22-15-27(32)26-8-6-7-25(22)26)44-34(42)12-9-21(3)28-10-11-29-35-30(19-33(41)38(28,29)5)37(4)14-13-24(39)17-23(37)18-31(35)40/h13-14,20-33,35-36,39-41H,6-12,15-19H2,1-5H3. The topological polar surface area (TPSA) is 96.2 Å². The van der Waals surface area contributed by atoms with Gasteiger partial charge in [0.2, 0.25) is 6.29 Å². The summed E-state index contributed by atoms with van der Waals surface area (Å²) in [6, 6.07) is 0. The van der Waals surface area contributed by atoms with Crippen LogP contribution in [-0.4, -0.2) is 52.0 Å². The van der Waals surface area contributed by atoms with Crippen molar-refractivity contribution in [3.63, 3.8) is 0 Å². The van der Waals surface area contributed by atoms with Gasteiger partial charge in [0.25, 0.3) is 0 Å². The van der Waals surface area contributed by atoms with Crippen LogP contribution in [0.5, 0.6) is 0 Å². The maximum Gasteiger partial charge on any atom is 0.308 e. The second-order valence-corrected chi connectivity index (χ2v) is 17.6. The molecule has 248 valence electrons. The molecule has 0 aromatic carbocycles. The maximum atomic E-state index is 13.2. The van der Waals surface area contributed by atoms with Gasteiger partial charge < -0.3 is 24.8 Å². The van der Waals surface area contributed by atoms with Crippen molar-refractivity contribution in [2.75, 3.05) is 0 Å². The Morgan fingerprint density at radius 3 is 2.45 bits per heavy atom. The van der Waals surface area contributed by atoms with Crippen LogP contribution < -0.4 is 0 Å². The lowest BCUT2D eigenvalue weighted by Gasteiger charge is -2.62. The molecule has 0 saturated heterocycles. The Hall–Kier alpha value is -0.950. The van der Waals surface area contributed by atoms with Crippen LogP contribution in [-0.2, 0) is 14.3 Å². The summed E-state index contributed by atoms with van der Waals surface area (Å²) in [7, 11) is 0. The molecule has 6 saturated carbocycles. The van der Waals surface area contributed by atoms with Gasteiger partial charge in [-0.2, -0.15) is 0 Å². The first-order chi connectivity index (χ1) is 20.9. The molecule has 7 rings (SSSR count). The van der Waals surface area contributed by atoms with E-state index in [4.69, 9.17) is 9.47 Å². The lowest BCUT2D eigenvalue weighted by atomic mass is 9.44. The molecule has 17 atom stereocenters. The van der Waals surface area contributed by atoms with E-state index >= 15 is 0 Å². The van der Waals surface area contributed by atoms with E-state index in [0.29, 0.717) is 31.1 Å². The molecule has 3 N–H and O–H groups in total. The zero-order chi connectivity index (χ0) is 31.1. The Balaban J connectivity index is 0.971. The predicted molar refractivity (Wildman–Crippen MR) is 169 cm³/mol. The number of carbonyl (C=O) groups is 1. The van der Waals surface area contributed by atoms with Gasteiger partial charge in [0, 0.05) is 12.3 Å². The summed E-state index contributed by atoms with van der Waals surface area (Å²) in [5.41, 5.74) is -0.360. The number of aliphatic hydroxyl groups is 3. The van der Waals surface area contributed by atoms with E-state index < -0.39 is 18.5 Å². The minimum atomic E-state index is -0.472. The highest BCUT2D eigenvalue weighted by molar-refractivity contribution is 5.69. The first-order valence-electron chi connectivity index (χ1n) is 18.5. The van der Waals surface area contributed by atoms with Gasteiger partial charge in [-0.3, -0.25) is 4.79 Å². The van der Waals surface area contributed by atoms with Crippen LogP contribution in [0.4, 0.5) is 0 Å². The highest BCUT2D eigenvalue weighted by Gasteiger charge is 2.65. The third-order valence-electron chi connectivity index (χ3n) is 15.3. The van der Waals surface area contributed by atoms with Crippen molar-refractivity contribution < 1.29 is 29.6 Å². The molecule has 6 fully saturated rings. The molecule has 6 heteroatoms. The average molecular weight is 613 g/mol. The van der Waals surface area contributed by atoms with E-state index in [-0.39, 0.29) is 64.5 Å². The quantitative estimate of drug-likeness (QED) is 0.164. The van der Waals surface area contributed by atoms with Crippen molar-refractivity contribution in [3.05, 3.63) is 12.2 Å². The second kappa shape index (κ2) is 11.6. The zero-order valence-electron chi connectivity index (χ0n) is 27.9. The van der Waals surface area contributed by atoms with Gasteiger partial charge in [-0.1, -0.05) is 53.2 Å². The number of fused-ring (bicyclic) bond motifs is 10. The molecule has 44 heavy (non-hydrogen) atoms. The normalized spacial score (nSPS) is 51.9. The minimum absolute atomic E-state index is 0.0925. The molecule has 0 heterocycles. The number of hydrogen-bond acceptors (Lipinski definition) is 6. The third-order valence-corrected chi connectivity index (χ3v) is 15.3. The molecule has 2 bridgehead atoms. The number of esters is 1. The molecule has 0 aromatic heterocycles. The lowest BCUT2D eigenvalue weighted by molar-refractivity contribution is -0.210. The Kier molecular flexibility index (Phi) is 8.36.